The molecule has 0 unspecified atom stereocenters. The van der Waals surface area contributed by atoms with E-state index >= 15 is 0 Å². The quantitative estimate of drug-likeness (QED) is 0.661. The Morgan fingerprint density at radius 3 is 2.75 bits per heavy atom. The lowest BCUT2D eigenvalue weighted by molar-refractivity contribution is -0.112. The molecule has 0 spiro atoms. The Balaban J connectivity index is 2.23. The number of carbonyl (C=O) groups excluding carboxylic acids is 1. The largest absolute Gasteiger partial charge is 0.362 e. The molecule has 4 heteroatoms. The van der Waals surface area contributed by atoms with Gasteiger partial charge in [0.15, 0.2) is 0 Å². The first-order valence-corrected chi connectivity index (χ1v) is 6.24. The molecule has 2 aromatic rings. The summed E-state index contributed by atoms with van der Waals surface area (Å²) >= 11 is 0. The Morgan fingerprint density at radius 1 is 1.30 bits per heavy atom. The number of aromatic amines is 1. The Kier molecular flexibility index (Phi) is 4.02. The number of aromatic nitrogens is 1. The first-order valence-electron chi connectivity index (χ1n) is 6.24. The van der Waals surface area contributed by atoms with Gasteiger partial charge in [-0.3, -0.25) is 4.79 Å². The first-order chi connectivity index (χ1) is 9.61. The topological polar surface area (TPSA) is 68.7 Å². The van der Waals surface area contributed by atoms with E-state index in [1.165, 1.54) is 6.08 Å². The summed E-state index contributed by atoms with van der Waals surface area (Å²) in [5.74, 6) is -0.407. The van der Waals surface area contributed by atoms with Crippen molar-refractivity contribution in [3.05, 3.63) is 58.9 Å². The van der Waals surface area contributed by atoms with Crippen LogP contribution in [0.25, 0.3) is 6.08 Å². The molecule has 1 amide bonds. The highest BCUT2D eigenvalue weighted by Crippen LogP contribution is 2.18. The minimum atomic E-state index is -0.407. The molecular weight excluding hydrogens is 250 g/mol. The van der Waals surface area contributed by atoms with Gasteiger partial charge in [-0.2, -0.15) is 5.26 Å². The number of nitriles is 1. The number of amides is 1. The second-order valence-corrected chi connectivity index (χ2v) is 4.50. The number of anilines is 1. The second-order valence-electron chi connectivity index (χ2n) is 4.50. The van der Waals surface area contributed by atoms with Gasteiger partial charge >= 0.3 is 0 Å². The molecule has 1 aromatic heterocycles. The zero-order valence-corrected chi connectivity index (χ0v) is 11.4. The van der Waals surface area contributed by atoms with Gasteiger partial charge in [0.2, 0.25) is 0 Å². The minimum Gasteiger partial charge on any atom is -0.362 e. The van der Waals surface area contributed by atoms with Crippen molar-refractivity contribution >= 4 is 17.7 Å². The highest BCUT2D eigenvalue weighted by molar-refractivity contribution is 6.09. The van der Waals surface area contributed by atoms with Crippen LogP contribution in [0.1, 0.15) is 16.8 Å². The van der Waals surface area contributed by atoms with Crippen molar-refractivity contribution in [1.82, 2.24) is 4.98 Å². The summed E-state index contributed by atoms with van der Waals surface area (Å²) in [6.07, 6.45) is 3.27. The summed E-state index contributed by atoms with van der Waals surface area (Å²) in [5.41, 5.74) is 3.60. The molecule has 4 nitrogen and oxygen atoms in total. The molecule has 2 rings (SSSR count). The van der Waals surface area contributed by atoms with Gasteiger partial charge in [-0.15, -0.1) is 0 Å². The number of hydrogen-bond donors (Lipinski definition) is 2. The Morgan fingerprint density at radius 2 is 2.10 bits per heavy atom. The van der Waals surface area contributed by atoms with Crippen LogP contribution in [0.15, 0.2) is 42.1 Å². The Hall–Kier alpha value is -2.80. The third kappa shape index (κ3) is 2.96. The van der Waals surface area contributed by atoms with E-state index in [1.807, 2.05) is 44.2 Å². The number of nitrogens with one attached hydrogen (secondary N) is 2. The molecule has 0 aliphatic rings. The monoisotopic (exact) mass is 265 g/mol. The van der Waals surface area contributed by atoms with Crippen LogP contribution in [0.3, 0.4) is 0 Å². The fraction of sp³-hybridized carbons (Fsp3) is 0.125. The van der Waals surface area contributed by atoms with Crippen molar-refractivity contribution < 1.29 is 4.79 Å². The van der Waals surface area contributed by atoms with Crippen LogP contribution in [0.2, 0.25) is 0 Å². The summed E-state index contributed by atoms with van der Waals surface area (Å²) in [7, 11) is 0. The van der Waals surface area contributed by atoms with Crippen LogP contribution in [0.5, 0.6) is 0 Å². The lowest BCUT2D eigenvalue weighted by atomic mass is 10.1. The summed E-state index contributed by atoms with van der Waals surface area (Å²) in [6.45, 7) is 3.91. The molecule has 0 bridgehead atoms. The smallest absolute Gasteiger partial charge is 0.266 e. The number of H-pyrrole nitrogens is 1. The van der Waals surface area contributed by atoms with E-state index in [2.05, 4.69) is 10.3 Å². The first kappa shape index (κ1) is 13.6. The van der Waals surface area contributed by atoms with Gasteiger partial charge in [0.1, 0.15) is 11.6 Å². The zero-order chi connectivity index (χ0) is 14.5. The van der Waals surface area contributed by atoms with Gasteiger partial charge in [0.05, 0.1) is 0 Å². The third-order valence-electron chi connectivity index (χ3n) is 3.14. The predicted octanol–water partition coefficient (Wildman–Crippen LogP) is 3.18. The standard InChI is InChI=1S/C16H15N3O/c1-11-5-3-7-15(12(11)2)19-16(20)13(10-17)9-14-6-4-8-18-14/h3-9,18H,1-2H3,(H,19,20)/b13-9+. The number of benzene rings is 1. The Bertz CT molecular complexity index is 691. The average Bonchev–Trinajstić information content (AvgIpc) is 2.94. The van der Waals surface area contributed by atoms with Gasteiger partial charge in [-0.25, -0.2) is 0 Å². The van der Waals surface area contributed by atoms with Crippen LogP contribution in [-0.2, 0) is 4.79 Å². The van der Waals surface area contributed by atoms with Crippen LogP contribution >= 0.6 is 0 Å². The predicted molar refractivity (Wildman–Crippen MR) is 78.9 cm³/mol. The van der Waals surface area contributed by atoms with Crippen LogP contribution in [0.4, 0.5) is 5.69 Å². The van der Waals surface area contributed by atoms with E-state index in [-0.39, 0.29) is 5.57 Å². The summed E-state index contributed by atoms with van der Waals surface area (Å²) in [4.78, 5) is 15.1. The fourth-order valence-corrected chi connectivity index (χ4v) is 1.81. The van der Waals surface area contributed by atoms with Crippen LogP contribution < -0.4 is 5.32 Å². The molecule has 0 fully saturated rings. The fourth-order valence-electron chi connectivity index (χ4n) is 1.81. The third-order valence-corrected chi connectivity index (χ3v) is 3.14. The maximum Gasteiger partial charge on any atom is 0.266 e. The van der Waals surface area contributed by atoms with E-state index in [4.69, 9.17) is 5.26 Å². The highest BCUT2D eigenvalue weighted by atomic mass is 16.1. The number of rotatable bonds is 3. The van der Waals surface area contributed by atoms with E-state index in [9.17, 15) is 4.79 Å². The zero-order valence-electron chi connectivity index (χ0n) is 11.4. The van der Waals surface area contributed by atoms with E-state index < -0.39 is 5.91 Å². The second kappa shape index (κ2) is 5.89. The molecular formula is C16H15N3O. The molecule has 2 N–H and O–H groups in total. The SMILES string of the molecule is Cc1cccc(NC(=O)/C(C#N)=C/c2ccc[nH]2)c1C. The normalized spacial score (nSPS) is 10.9. The van der Waals surface area contributed by atoms with Crippen LogP contribution in [-0.4, -0.2) is 10.9 Å². The van der Waals surface area contributed by atoms with Crippen molar-refractivity contribution in [2.45, 2.75) is 13.8 Å². The van der Waals surface area contributed by atoms with Crippen molar-refractivity contribution in [2.75, 3.05) is 5.32 Å². The van der Waals surface area contributed by atoms with Crippen LogP contribution in [0, 0.1) is 25.2 Å². The average molecular weight is 265 g/mol. The lowest BCUT2D eigenvalue weighted by Gasteiger charge is -2.09. The van der Waals surface area contributed by atoms with Crippen molar-refractivity contribution in [2.24, 2.45) is 0 Å². The van der Waals surface area contributed by atoms with Gasteiger partial charge < -0.3 is 10.3 Å². The van der Waals surface area contributed by atoms with Crippen molar-refractivity contribution in [3.63, 3.8) is 0 Å². The van der Waals surface area contributed by atoms with E-state index in [1.54, 1.807) is 12.3 Å². The van der Waals surface area contributed by atoms with Crippen molar-refractivity contribution in [3.8, 4) is 6.07 Å². The maximum atomic E-state index is 12.1. The number of hydrogen-bond acceptors (Lipinski definition) is 2. The number of aryl methyl sites for hydroxylation is 1. The molecule has 0 saturated heterocycles. The molecule has 0 atom stereocenters. The van der Waals surface area contributed by atoms with Gasteiger partial charge in [-0.05, 0) is 49.2 Å². The molecule has 1 heterocycles. The lowest BCUT2D eigenvalue weighted by Crippen LogP contribution is -2.14. The number of nitrogens with zero attached hydrogens (tertiary/aromatic N) is 1. The molecule has 0 aliphatic carbocycles. The van der Waals surface area contributed by atoms with E-state index in [0.29, 0.717) is 0 Å². The molecule has 1 aromatic carbocycles. The van der Waals surface area contributed by atoms with Gasteiger partial charge in [0.25, 0.3) is 5.91 Å². The summed E-state index contributed by atoms with van der Waals surface area (Å²) in [6, 6.07) is 11.2. The molecule has 20 heavy (non-hydrogen) atoms. The highest BCUT2D eigenvalue weighted by Gasteiger charge is 2.11. The van der Waals surface area contributed by atoms with Gasteiger partial charge in [0, 0.05) is 17.6 Å². The maximum absolute atomic E-state index is 12.1. The van der Waals surface area contributed by atoms with Gasteiger partial charge in [-0.1, -0.05) is 12.1 Å². The molecule has 0 radical (unpaired) electrons. The molecule has 100 valence electrons. The summed E-state index contributed by atoms with van der Waals surface area (Å²) < 4.78 is 0. The summed E-state index contributed by atoms with van der Waals surface area (Å²) in [5, 5.41) is 11.9. The molecule has 0 aliphatic heterocycles. The minimum absolute atomic E-state index is 0.0633. The Labute approximate surface area is 117 Å². The molecule has 0 saturated carbocycles. The number of carbonyl (C=O) groups is 1. The van der Waals surface area contributed by atoms with Crippen molar-refractivity contribution in [1.29, 1.82) is 5.26 Å². The van der Waals surface area contributed by atoms with E-state index in [0.717, 1.165) is 22.5 Å².